The normalized spacial score (nSPS) is 13.9. The molecule has 0 aliphatic heterocycles. The van der Waals surface area contributed by atoms with Crippen molar-refractivity contribution in [3.63, 3.8) is 0 Å². The van der Waals surface area contributed by atoms with Crippen LogP contribution in [-0.4, -0.2) is 11.6 Å². The van der Waals surface area contributed by atoms with Crippen molar-refractivity contribution < 1.29 is 9.59 Å². The van der Waals surface area contributed by atoms with E-state index >= 15 is 0 Å². The van der Waals surface area contributed by atoms with Gasteiger partial charge in [0.2, 0.25) is 5.78 Å². The lowest BCUT2D eigenvalue weighted by Gasteiger charge is -2.08. The van der Waals surface area contributed by atoms with Crippen molar-refractivity contribution in [1.29, 1.82) is 0 Å². The van der Waals surface area contributed by atoms with Crippen molar-refractivity contribution in [2.75, 3.05) is 0 Å². The Morgan fingerprint density at radius 3 is 1.69 bits per heavy atom. The van der Waals surface area contributed by atoms with Gasteiger partial charge in [-0.1, -0.05) is 0 Å². The largest absolute Gasteiger partial charge is 0.288 e. The van der Waals surface area contributed by atoms with Gasteiger partial charge in [0.25, 0.3) is 0 Å². The van der Waals surface area contributed by atoms with E-state index in [9.17, 15) is 9.59 Å². The summed E-state index contributed by atoms with van der Waals surface area (Å²) >= 11 is 2.82. The van der Waals surface area contributed by atoms with Crippen LogP contribution in [0.5, 0.6) is 0 Å². The van der Waals surface area contributed by atoms with E-state index in [1.807, 2.05) is 26.0 Å². The molecule has 0 fully saturated rings. The molecule has 0 N–H and O–H groups in total. The molecule has 0 bridgehead atoms. The van der Waals surface area contributed by atoms with Crippen molar-refractivity contribution in [1.82, 2.24) is 0 Å². The summed E-state index contributed by atoms with van der Waals surface area (Å²) in [6.45, 7) is 3.84. The number of fused-ring (bicyclic) bond motifs is 2. The number of rotatable bonds is 0. The van der Waals surface area contributed by atoms with E-state index < -0.39 is 0 Å². The third-order valence-electron chi connectivity index (χ3n) is 2.61. The van der Waals surface area contributed by atoms with Gasteiger partial charge in [0.1, 0.15) is 0 Å². The van der Waals surface area contributed by atoms with Gasteiger partial charge in [-0.15, -0.1) is 22.7 Å². The molecule has 0 unspecified atom stereocenters. The summed E-state index contributed by atoms with van der Waals surface area (Å²) < 4.78 is 0. The summed E-state index contributed by atoms with van der Waals surface area (Å²) in [5.74, 6) is 0.0131. The molecule has 1 aliphatic carbocycles. The molecule has 2 aromatic rings. The van der Waals surface area contributed by atoms with E-state index in [2.05, 4.69) is 0 Å². The minimum atomic E-state index is -0.00157. The number of aryl methyl sites for hydroxylation is 2. The van der Waals surface area contributed by atoms with Crippen LogP contribution in [0.4, 0.5) is 0 Å². The molecule has 4 heteroatoms. The predicted molar refractivity (Wildman–Crippen MR) is 65.0 cm³/mol. The lowest BCUT2D eigenvalue weighted by molar-refractivity contribution is 0.0986. The monoisotopic (exact) mass is 248 g/mol. The zero-order valence-electron chi connectivity index (χ0n) is 8.79. The fourth-order valence-corrected chi connectivity index (χ4v) is 3.93. The molecule has 0 spiro atoms. The fourth-order valence-electron chi connectivity index (χ4n) is 1.95. The second kappa shape index (κ2) is 3.12. The molecule has 0 aromatic carbocycles. The molecule has 0 atom stereocenters. The highest BCUT2D eigenvalue weighted by Gasteiger charge is 2.33. The van der Waals surface area contributed by atoms with Crippen LogP contribution in [0.15, 0.2) is 12.1 Å². The number of carbonyl (C=O) groups is 2. The van der Waals surface area contributed by atoms with Crippen LogP contribution in [0.2, 0.25) is 0 Å². The summed E-state index contributed by atoms with van der Waals surface area (Å²) in [6, 6.07) is 3.63. The van der Waals surface area contributed by atoms with Crippen molar-refractivity contribution in [3.8, 4) is 0 Å². The molecular weight excluding hydrogens is 240 g/mol. The highest BCUT2D eigenvalue weighted by atomic mass is 32.1. The number of hydrogen-bond acceptors (Lipinski definition) is 4. The maximum absolute atomic E-state index is 12.1. The fraction of sp³-hybridized carbons (Fsp3) is 0.167. The van der Waals surface area contributed by atoms with E-state index in [0.29, 0.717) is 20.9 Å². The van der Waals surface area contributed by atoms with Crippen molar-refractivity contribution >= 4 is 34.2 Å². The van der Waals surface area contributed by atoms with Gasteiger partial charge in [-0.25, -0.2) is 0 Å². The van der Waals surface area contributed by atoms with Gasteiger partial charge >= 0.3 is 0 Å². The van der Waals surface area contributed by atoms with Gasteiger partial charge in [0, 0.05) is 20.9 Å². The van der Waals surface area contributed by atoms with Crippen LogP contribution < -0.4 is 0 Å². The lowest BCUT2D eigenvalue weighted by atomic mass is 9.95. The van der Waals surface area contributed by atoms with Gasteiger partial charge in [-0.2, -0.15) is 0 Å². The average Bonchev–Trinajstić information content (AvgIpc) is 2.78. The van der Waals surface area contributed by atoms with Gasteiger partial charge in [-0.3, -0.25) is 9.59 Å². The lowest BCUT2D eigenvalue weighted by Crippen LogP contribution is -2.15. The smallest absolute Gasteiger partial charge is 0.214 e. The first-order valence-corrected chi connectivity index (χ1v) is 6.51. The van der Waals surface area contributed by atoms with E-state index in [-0.39, 0.29) is 11.6 Å². The first kappa shape index (κ1) is 9.93. The maximum atomic E-state index is 12.1. The minimum Gasteiger partial charge on any atom is -0.288 e. The number of thiophene rings is 2. The molecule has 1 aliphatic rings. The zero-order valence-corrected chi connectivity index (χ0v) is 10.4. The Bertz CT molecular complexity index is 528. The Morgan fingerprint density at radius 1 is 0.812 bits per heavy atom. The van der Waals surface area contributed by atoms with Crippen LogP contribution in [-0.2, 0) is 0 Å². The van der Waals surface area contributed by atoms with Crippen molar-refractivity contribution in [2.24, 2.45) is 0 Å². The Balaban J connectivity index is 2.32. The molecule has 80 valence electrons. The summed E-state index contributed by atoms with van der Waals surface area (Å²) in [6.07, 6.45) is 0. The molecule has 0 radical (unpaired) electrons. The van der Waals surface area contributed by atoms with Gasteiger partial charge < -0.3 is 0 Å². The van der Waals surface area contributed by atoms with Crippen molar-refractivity contribution in [3.05, 3.63) is 42.8 Å². The second-order valence-corrected chi connectivity index (χ2v) is 6.37. The minimum absolute atomic E-state index is 0.00157. The van der Waals surface area contributed by atoms with Gasteiger partial charge in [0.05, 0.1) is 9.75 Å². The highest BCUT2D eigenvalue weighted by Crippen LogP contribution is 2.36. The summed E-state index contributed by atoms with van der Waals surface area (Å²) in [7, 11) is 0. The van der Waals surface area contributed by atoms with Crippen LogP contribution in [0.25, 0.3) is 0 Å². The van der Waals surface area contributed by atoms with E-state index in [1.165, 1.54) is 22.7 Å². The average molecular weight is 248 g/mol. The Morgan fingerprint density at radius 2 is 1.25 bits per heavy atom. The molecule has 0 saturated carbocycles. The Labute approximate surface area is 101 Å². The van der Waals surface area contributed by atoms with Crippen LogP contribution in [0.1, 0.15) is 40.2 Å². The number of hydrogen-bond donors (Lipinski definition) is 0. The second-order valence-electron chi connectivity index (χ2n) is 3.86. The Hall–Kier alpha value is -1.26. The highest BCUT2D eigenvalue weighted by molar-refractivity contribution is 7.18. The molecule has 3 rings (SSSR count). The molecular formula is C12H8O2S2. The molecule has 2 heterocycles. The SMILES string of the molecule is Cc1cc2c(s1)C(=O)c1sc(C)cc1C2=O. The quantitative estimate of drug-likeness (QED) is 0.612. The van der Waals surface area contributed by atoms with Crippen LogP contribution >= 0.6 is 22.7 Å². The van der Waals surface area contributed by atoms with E-state index in [0.717, 1.165) is 9.75 Å². The Kier molecular flexibility index (Phi) is 1.94. The molecule has 2 aromatic heterocycles. The predicted octanol–water partition coefficient (Wildman–Crippen LogP) is 3.20. The molecule has 2 nitrogen and oxygen atoms in total. The van der Waals surface area contributed by atoms with Crippen molar-refractivity contribution in [2.45, 2.75) is 13.8 Å². The summed E-state index contributed by atoms with van der Waals surface area (Å²) in [4.78, 5) is 27.5. The number of carbonyl (C=O) groups excluding carboxylic acids is 2. The molecule has 16 heavy (non-hydrogen) atoms. The van der Waals surface area contributed by atoms with Crippen LogP contribution in [0, 0.1) is 13.8 Å². The molecule has 0 amide bonds. The topological polar surface area (TPSA) is 34.1 Å². The summed E-state index contributed by atoms with van der Waals surface area (Å²) in [5, 5.41) is 0. The standard InChI is InChI=1S/C12H8O2S2/c1-5-3-7-9(13)8-4-6(2)16-12(8)10(14)11(7)15-5/h3-4H,1-2H3. The van der Waals surface area contributed by atoms with E-state index in [4.69, 9.17) is 0 Å². The summed E-state index contributed by atoms with van der Waals surface area (Å²) in [5.41, 5.74) is 1.16. The zero-order chi connectivity index (χ0) is 11.4. The third kappa shape index (κ3) is 1.17. The maximum Gasteiger partial charge on any atom is 0.214 e. The molecule has 0 saturated heterocycles. The van der Waals surface area contributed by atoms with Gasteiger partial charge in [0.15, 0.2) is 5.78 Å². The first-order valence-electron chi connectivity index (χ1n) is 4.88. The first-order chi connectivity index (χ1) is 7.58. The number of ketones is 2. The van der Waals surface area contributed by atoms with Gasteiger partial charge in [-0.05, 0) is 26.0 Å². The third-order valence-corrected chi connectivity index (χ3v) is 4.71. The van der Waals surface area contributed by atoms with E-state index in [1.54, 1.807) is 0 Å². The van der Waals surface area contributed by atoms with Crippen LogP contribution in [0.3, 0.4) is 0 Å².